The fourth-order valence-corrected chi connectivity index (χ4v) is 3.20. The van der Waals surface area contributed by atoms with E-state index in [0.717, 1.165) is 24.1 Å². The van der Waals surface area contributed by atoms with Gasteiger partial charge in [-0.2, -0.15) is 5.10 Å². The van der Waals surface area contributed by atoms with E-state index in [4.69, 9.17) is 11.6 Å². The predicted molar refractivity (Wildman–Crippen MR) is 76.4 cm³/mol. The normalized spacial score (nSPS) is 17.2. The third-order valence-corrected chi connectivity index (χ3v) is 4.41. The highest BCUT2D eigenvalue weighted by Gasteiger charge is 2.42. The zero-order valence-electron chi connectivity index (χ0n) is 10.9. The van der Waals surface area contributed by atoms with E-state index in [9.17, 15) is 9.90 Å². The van der Waals surface area contributed by atoms with Crippen molar-refractivity contribution in [1.29, 1.82) is 0 Å². The van der Waals surface area contributed by atoms with Crippen LogP contribution in [0.15, 0.2) is 36.5 Å². The van der Waals surface area contributed by atoms with Gasteiger partial charge >= 0.3 is 5.97 Å². The maximum Gasteiger partial charge on any atom is 0.314 e. The van der Waals surface area contributed by atoms with Crippen LogP contribution in [0.4, 0.5) is 0 Å². The van der Waals surface area contributed by atoms with Gasteiger partial charge in [-0.25, -0.2) is 4.68 Å². The molecular weight excluding hydrogens is 276 g/mol. The van der Waals surface area contributed by atoms with Crippen LogP contribution in [-0.2, 0) is 10.2 Å². The number of halogens is 1. The summed E-state index contributed by atoms with van der Waals surface area (Å²) in [5.74, 6) is -0.722. The van der Waals surface area contributed by atoms with Crippen molar-refractivity contribution in [2.24, 2.45) is 0 Å². The van der Waals surface area contributed by atoms with Crippen molar-refractivity contribution in [3.05, 3.63) is 47.2 Å². The summed E-state index contributed by atoms with van der Waals surface area (Å²) in [4.78, 5) is 11.7. The van der Waals surface area contributed by atoms with E-state index in [-0.39, 0.29) is 0 Å². The van der Waals surface area contributed by atoms with E-state index in [0.29, 0.717) is 18.0 Å². The van der Waals surface area contributed by atoms with Crippen LogP contribution in [-0.4, -0.2) is 20.9 Å². The number of nitrogens with zero attached hydrogens (tertiary/aromatic N) is 2. The molecule has 20 heavy (non-hydrogen) atoms. The third kappa shape index (κ3) is 2.00. The number of rotatable bonds is 3. The number of carbonyl (C=O) groups is 1. The molecule has 1 aliphatic rings. The average molecular weight is 291 g/mol. The van der Waals surface area contributed by atoms with Gasteiger partial charge in [0.15, 0.2) is 0 Å². The molecule has 1 aromatic heterocycles. The first-order valence-electron chi connectivity index (χ1n) is 6.67. The smallest absolute Gasteiger partial charge is 0.314 e. The SMILES string of the molecule is O=C(O)C1(c2ccc(-n3nccc3Cl)cc2)CCCC1. The van der Waals surface area contributed by atoms with Crippen molar-refractivity contribution in [3.8, 4) is 5.69 Å². The second kappa shape index (κ2) is 4.94. The number of aliphatic carboxylic acids is 1. The van der Waals surface area contributed by atoms with Crippen molar-refractivity contribution in [1.82, 2.24) is 9.78 Å². The second-order valence-corrected chi connectivity index (χ2v) is 5.59. The van der Waals surface area contributed by atoms with Gasteiger partial charge in [0.05, 0.1) is 17.3 Å². The topological polar surface area (TPSA) is 55.1 Å². The molecular formula is C15H15ClN2O2. The molecule has 1 saturated carbocycles. The van der Waals surface area contributed by atoms with Crippen molar-refractivity contribution >= 4 is 17.6 Å². The van der Waals surface area contributed by atoms with E-state index < -0.39 is 11.4 Å². The van der Waals surface area contributed by atoms with Crippen LogP contribution >= 0.6 is 11.6 Å². The van der Waals surface area contributed by atoms with Crippen LogP contribution in [0.1, 0.15) is 31.2 Å². The highest BCUT2D eigenvalue weighted by Crippen LogP contribution is 2.41. The molecule has 0 atom stereocenters. The quantitative estimate of drug-likeness (QED) is 0.942. The number of hydrogen-bond donors (Lipinski definition) is 1. The lowest BCUT2D eigenvalue weighted by Gasteiger charge is -2.24. The van der Waals surface area contributed by atoms with Crippen molar-refractivity contribution < 1.29 is 9.90 Å². The summed E-state index contributed by atoms with van der Waals surface area (Å²) in [7, 11) is 0. The molecule has 1 fully saturated rings. The van der Waals surface area contributed by atoms with Gasteiger partial charge in [0.2, 0.25) is 0 Å². The van der Waals surface area contributed by atoms with Gasteiger partial charge in [0.1, 0.15) is 5.15 Å². The van der Waals surface area contributed by atoms with Crippen LogP contribution in [0.5, 0.6) is 0 Å². The molecule has 0 saturated heterocycles. The summed E-state index contributed by atoms with van der Waals surface area (Å²) < 4.78 is 1.62. The standard InChI is InChI=1S/C15H15ClN2O2/c16-13-7-10-17-18(13)12-5-3-11(4-6-12)15(14(19)20)8-1-2-9-15/h3-7,10H,1-2,8-9H2,(H,19,20). The molecule has 0 unspecified atom stereocenters. The lowest BCUT2D eigenvalue weighted by molar-refractivity contribution is -0.143. The maximum atomic E-state index is 11.7. The first-order chi connectivity index (χ1) is 9.63. The lowest BCUT2D eigenvalue weighted by Crippen LogP contribution is -2.32. The lowest BCUT2D eigenvalue weighted by atomic mass is 9.79. The van der Waals surface area contributed by atoms with Crippen LogP contribution in [0.2, 0.25) is 5.15 Å². The highest BCUT2D eigenvalue weighted by atomic mass is 35.5. The molecule has 104 valence electrons. The second-order valence-electron chi connectivity index (χ2n) is 5.21. The number of hydrogen-bond acceptors (Lipinski definition) is 2. The molecule has 0 radical (unpaired) electrons. The summed E-state index contributed by atoms with van der Waals surface area (Å²) in [6.45, 7) is 0. The fourth-order valence-electron chi connectivity index (χ4n) is 3.00. The Hall–Kier alpha value is -1.81. The summed E-state index contributed by atoms with van der Waals surface area (Å²) in [5.41, 5.74) is 0.990. The first-order valence-corrected chi connectivity index (χ1v) is 7.05. The molecule has 4 nitrogen and oxygen atoms in total. The zero-order valence-corrected chi connectivity index (χ0v) is 11.7. The molecule has 0 aliphatic heterocycles. The minimum atomic E-state index is -0.722. The Morgan fingerprint density at radius 1 is 1.20 bits per heavy atom. The Morgan fingerprint density at radius 2 is 1.85 bits per heavy atom. The van der Waals surface area contributed by atoms with Crippen LogP contribution in [0.3, 0.4) is 0 Å². The average Bonchev–Trinajstić information content (AvgIpc) is 3.08. The molecule has 1 heterocycles. The molecule has 1 aliphatic carbocycles. The molecule has 1 aromatic carbocycles. The van der Waals surface area contributed by atoms with E-state index in [1.165, 1.54) is 0 Å². The van der Waals surface area contributed by atoms with Gasteiger partial charge in [0, 0.05) is 0 Å². The fraction of sp³-hybridized carbons (Fsp3) is 0.333. The molecule has 0 spiro atoms. The van der Waals surface area contributed by atoms with Gasteiger partial charge in [-0.05, 0) is 36.6 Å². The van der Waals surface area contributed by atoms with Crippen molar-refractivity contribution in [2.75, 3.05) is 0 Å². The van der Waals surface area contributed by atoms with E-state index >= 15 is 0 Å². The van der Waals surface area contributed by atoms with E-state index in [1.807, 2.05) is 24.3 Å². The minimum Gasteiger partial charge on any atom is -0.481 e. The molecule has 5 heteroatoms. The summed E-state index contributed by atoms with van der Waals surface area (Å²) in [5, 5.41) is 14.2. The summed E-state index contributed by atoms with van der Waals surface area (Å²) in [6.07, 6.45) is 5.00. The monoisotopic (exact) mass is 290 g/mol. The highest BCUT2D eigenvalue weighted by molar-refractivity contribution is 6.29. The molecule has 3 rings (SSSR count). The Kier molecular flexibility index (Phi) is 3.26. The van der Waals surface area contributed by atoms with Crippen molar-refractivity contribution in [3.63, 3.8) is 0 Å². The molecule has 0 amide bonds. The number of carboxylic acids is 1. The Labute approximate surface area is 122 Å². The first kappa shape index (κ1) is 13.2. The van der Waals surface area contributed by atoms with Crippen LogP contribution in [0.25, 0.3) is 5.69 Å². The number of carboxylic acid groups (broad SMARTS) is 1. The van der Waals surface area contributed by atoms with E-state index in [2.05, 4.69) is 5.10 Å². The molecule has 2 aromatic rings. The Balaban J connectivity index is 1.97. The summed E-state index contributed by atoms with van der Waals surface area (Å²) in [6, 6.07) is 9.22. The van der Waals surface area contributed by atoms with Crippen LogP contribution in [0, 0.1) is 0 Å². The van der Waals surface area contributed by atoms with Gasteiger partial charge in [-0.1, -0.05) is 36.6 Å². The van der Waals surface area contributed by atoms with Gasteiger partial charge in [-0.3, -0.25) is 4.79 Å². The van der Waals surface area contributed by atoms with Gasteiger partial charge in [-0.15, -0.1) is 0 Å². The Bertz CT molecular complexity index is 628. The number of aromatic nitrogens is 2. The summed E-state index contributed by atoms with van der Waals surface area (Å²) >= 11 is 6.03. The number of benzene rings is 1. The maximum absolute atomic E-state index is 11.7. The Morgan fingerprint density at radius 3 is 2.35 bits per heavy atom. The van der Waals surface area contributed by atoms with Crippen molar-refractivity contribution in [2.45, 2.75) is 31.1 Å². The van der Waals surface area contributed by atoms with Gasteiger partial charge < -0.3 is 5.11 Å². The third-order valence-electron chi connectivity index (χ3n) is 4.13. The van der Waals surface area contributed by atoms with Gasteiger partial charge in [0.25, 0.3) is 0 Å². The predicted octanol–water partition coefficient (Wildman–Crippen LogP) is 3.42. The zero-order chi connectivity index (χ0) is 14.2. The van der Waals surface area contributed by atoms with E-state index in [1.54, 1.807) is 16.9 Å². The molecule has 1 N–H and O–H groups in total. The molecule has 0 bridgehead atoms. The largest absolute Gasteiger partial charge is 0.481 e. The minimum absolute atomic E-state index is 0.534. The van der Waals surface area contributed by atoms with Crippen LogP contribution < -0.4 is 0 Å².